The average molecular weight is 233 g/mol. The van der Waals surface area contributed by atoms with E-state index < -0.39 is 0 Å². The van der Waals surface area contributed by atoms with Crippen LogP contribution in [0.5, 0.6) is 0 Å². The molecule has 1 aliphatic rings. The normalized spacial score (nSPS) is 20.3. The van der Waals surface area contributed by atoms with Gasteiger partial charge in [-0.25, -0.2) is 0 Å². The summed E-state index contributed by atoms with van der Waals surface area (Å²) < 4.78 is 0. The van der Waals surface area contributed by atoms with E-state index in [0.29, 0.717) is 12.5 Å². The number of rotatable bonds is 3. The Hall–Kier alpha value is -1.42. The van der Waals surface area contributed by atoms with Gasteiger partial charge in [0.15, 0.2) is 0 Å². The first kappa shape index (κ1) is 12.0. The van der Waals surface area contributed by atoms with Crippen molar-refractivity contribution in [2.24, 2.45) is 0 Å². The highest BCUT2D eigenvalue weighted by Gasteiger charge is 2.22. The summed E-state index contributed by atoms with van der Waals surface area (Å²) in [6.45, 7) is 4.74. The van der Waals surface area contributed by atoms with Gasteiger partial charge in [0.25, 0.3) is 0 Å². The molecule has 1 aromatic heterocycles. The van der Waals surface area contributed by atoms with Crippen molar-refractivity contribution in [1.82, 2.24) is 15.2 Å². The molecule has 1 fully saturated rings. The number of piperazine rings is 1. The van der Waals surface area contributed by atoms with Gasteiger partial charge in [-0.1, -0.05) is 0 Å². The molecule has 1 atom stereocenters. The molecule has 1 aromatic rings. The lowest BCUT2D eigenvalue weighted by molar-refractivity contribution is -0.133. The van der Waals surface area contributed by atoms with Gasteiger partial charge in [-0.05, 0) is 31.0 Å². The Morgan fingerprint density at radius 2 is 2.29 bits per heavy atom. The minimum Gasteiger partial charge on any atom is -0.337 e. The summed E-state index contributed by atoms with van der Waals surface area (Å²) in [4.78, 5) is 18.0. The van der Waals surface area contributed by atoms with Crippen molar-refractivity contribution in [3.05, 3.63) is 30.1 Å². The molecule has 0 aliphatic carbocycles. The van der Waals surface area contributed by atoms with E-state index in [1.807, 2.05) is 17.0 Å². The summed E-state index contributed by atoms with van der Waals surface area (Å²) in [5, 5.41) is 3.29. The van der Waals surface area contributed by atoms with Crippen LogP contribution >= 0.6 is 0 Å². The maximum atomic E-state index is 12.1. The molecule has 1 aliphatic heterocycles. The van der Waals surface area contributed by atoms with E-state index in [9.17, 15) is 4.79 Å². The van der Waals surface area contributed by atoms with Gasteiger partial charge >= 0.3 is 0 Å². The highest BCUT2D eigenvalue weighted by Crippen LogP contribution is 2.08. The molecule has 1 amide bonds. The number of carbonyl (C=O) groups excluding carboxylic acids is 1. The summed E-state index contributed by atoms with van der Waals surface area (Å²) >= 11 is 0. The number of nitrogens with zero attached hydrogens (tertiary/aromatic N) is 2. The van der Waals surface area contributed by atoms with Crippen LogP contribution < -0.4 is 5.32 Å². The Morgan fingerprint density at radius 3 is 3.00 bits per heavy atom. The molecular weight excluding hydrogens is 214 g/mol. The number of pyridine rings is 1. The third kappa shape index (κ3) is 3.27. The summed E-state index contributed by atoms with van der Waals surface area (Å²) in [5.41, 5.74) is 1.18. The zero-order valence-corrected chi connectivity index (χ0v) is 10.2. The zero-order chi connectivity index (χ0) is 12.1. The van der Waals surface area contributed by atoms with Crippen molar-refractivity contribution in [2.75, 3.05) is 19.6 Å². The Morgan fingerprint density at radius 1 is 1.53 bits per heavy atom. The molecule has 92 valence electrons. The lowest BCUT2D eigenvalue weighted by atomic mass is 10.1. The van der Waals surface area contributed by atoms with Gasteiger partial charge in [-0.15, -0.1) is 0 Å². The van der Waals surface area contributed by atoms with Gasteiger partial charge in [-0.2, -0.15) is 0 Å². The molecule has 0 bridgehead atoms. The van der Waals surface area contributed by atoms with Gasteiger partial charge in [-0.3, -0.25) is 9.78 Å². The number of aryl methyl sites for hydroxylation is 1. The first-order valence-electron chi connectivity index (χ1n) is 6.16. The van der Waals surface area contributed by atoms with E-state index in [-0.39, 0.29) is 5.91 Å². The molecule has 17 heavy (non-hydrogen) atoms. The van der Waals surface area contributed by atoms with Crippen molar-refractivity contribution in [1.29, 1.82) is 0 Å². The van der Waals surface area contributed by atoms with Crippen molar-refractivity contribution in [3.63, 3.8) is 0 Å². The van der Waals surface area contributed by atoms with Crippen LogP contribution in [0.3, 0.4) is 0 Å². The third-order valence-corrected chi connectivity index (χ3v) is 3.20. The highest BCUT2D eigenvalue weighted by atomic mass is 16.2. The number of carbonyl (C=O) groups is 1. The zero-order valence-electron chi connectivity index (χ0n) is 10.2. The summed E-state index contributed by atoms with van der Waals surface area (Å²) in [7, 11) is 0. The Bertz CT molecular complexity index is 366. The molecule has 4 nitrogen and oxygen atoms in total. The first-order chi connectivity index (χ1) is 8.27. The van der Waals surface area contributed by atoms with E-state index >= 15 is 0 Å². The number of amides is 1. The van der Waals surface area contributed by atoms with E-state index in [2.05, 4.69) is 17.2 Å². The van der Waals surface area contributed by atoms with Crippen molar-refractivity contribution < 1.29 is 4.79 Å². The molecular formula is C13H19N3O. The van der Waals surface area contributed by atoms with Crippen LogP contribution in [0.25, 0.3) is 0 Å². The fraction of sp³-hybridized carbons (Fsp3) is 0.538. The van der Waals surface area contributed by atoms with Crippen molar-refractivity contribution >= 4 is 5.91 Å². The van der Waals surface area contributed by atoms with Crippen LogP contribution in [-0.2, 0) is 11.2 Å². The number of nitrogens with one attached hydrogen (secondary N) is 1. The Labute approximate surface area is 102 Å². The molecule has 0 spiro atoms. The fourth-order valence-corrected chi connectivity index (χ4v) is 2.16. The van der Waals surface area contributed by atoms with Gasteiger partial charge in [0.2, 0.25) is 5.91 Å². The van der Waals surface area contributed by atoms with Gasteiger partial charge in [0.05, 0.1) is 0 Å². The molecule has 0 saturated carbocycles. The van der Waals surface area contributed by atoms with Crippen molar-refractivity contribution in [3.8, 4) is 0 Å². The second kappa shape index (κ2) is 5.77. The topological polar surface area (TPSA) is 45.2 Å². The second-order valence-corrected chi connectivity index (χ2v) is 4.50. The monoisotopic (exact) mass is 233 g/mol. The molecule has 1 saturated heterocycles. The Kier molecular flexibility index (Phi) is 4.09. The molecule has 2 heterocycles. The van der Waals surface area contributed by atoms with E-state index in [0.717, 1.165) is 26.1 Å². The van der Waals surface area contributed by atoms with Crippen LogP contribution in [0.15, 0.2) is 24.5 Å². The predicted molar refractivity (Wildman–Crippen MR) is 66.6 cm³/mol. The minimum atomic E-state index is 0.260. The molecule has 4 heteroatoms. The van der Waals surface area contributed by atoms with Crippen LogP contribution in [0.2, 0.25) is 0 Å². The highest BCUT2D eigenvalue weighted by molar-refractivity contribution is 5.76. The Balaban J connectivity index is 1.84. The summed E-state index contributed by atoms with van der Waals surface area (Å²) in [6.07, 6.45) is 4.94. The smallest absolute Gasteiger partial charge is 0.223 e. The molecule has 1 N–H and O–H groups in total. The molecule has 0 unspecified atom stereocenters. The standard InChI is InChI=1S/C13H19N3O/c1-11-10-15-8-9-16(11)13(17)3-2-12-4-6-14-7-5-12/h4-7,11,15H,2-3,8-10H2,1H3/t11-/m1/s1. The van der Waals surface area contributed by atoms with Crippen LogP contribution in [0.4, 0.5) is 0 Å². The molecule has 2 rings (SSSR count). The largest absolute Gasteiger partial charge is 0.337 e. The van der Waals surface area contributed by atoms with Gasteiger partial charge < -0.3 is 10.2 Å². The fourth-order valence-electron chi connectivity index (χ4n) is 2.16. The van der Waals surface area contributed by atoms with Gasteiger partial charge in [0.1, 0.15) is 0 Å². The maximum Gasteiger partial charge on any atom is 0.223 e. The average Bonchev–Trinajstić information content (AvgIpc) is 2.38. The van der Waals surface area contributed by atoms with Gasteiger partial charge in [0, 0.05) is 44.5 Å². The number of hydrogen-bond donors (Lipinski definition) is 1. The predicted octanol–water partition coefficient (Wildman–Crippen LogP) is 0.834. The van der Waals surface area contributed by atoms with E-state index in [4.69, 9.17) is 0 Å². The lowest BCUT2D eigenvalue weighted by Gasteiger charge is -2.34. The lowest BCUT2D eigenvalue weighted by Crippen LogP contribution is -2.52. The maximum absolute atomic E-state index is 12.1. The SMILES string of the molecule is C[C@@H]1CNCCN1C(=O)CCc1ccncc1. The minimum absolute atomic E-state index is 0.260. The second-order valence-electron chi connectivity index (χ2n) is 4.50. The molecule has 0 aromatic carbocycles. The summed E-state index contributed by atoms with van der Waals surface area (Å²) in [5.74, 6) is 0.260. The first-order valence-corrected chi connectivity index (χ1v) is 6.16. The summed E-state index contributed by atoms with van der Waals surface area (Å²) in [6, 6.07) is 4.25. The third-order valence-electron chi connectivity index (χ3n) is 3.20. The van der Waals surface area contributed by atoms with Crippen molar-refractivity contribution in [2.45, 2.75) is 25.8 Å². The number of hydrogen-bond acceptors (Lipinski definition) is 3. The van der Waals surface area contributed by atoms with E-state index in [1.54, 1.807) is 12.4 Å². The number of aromatic nitrogens is 1. The van der Waals surface area contributed by atoms with Crippen LogP contribution in [0, 0.1) is 0 Å². The quantitative estimate of drug-likeness (QED) is 0.841. The van der Waals surface area contributed by atoms with Crippen LogP contribution in [0.1, 0.15) is 18.9 Å². The molecule has 0 radical (unpaired) electrons. The van der Waals surface area contributed by atoms with Crippen LogP contribution in [-0.4, -0.2) is 41.5 Å². The van der Waals surface area contributed by atoms with E-state index in [1.165, 1.54) is 5.56 Å².